The molecule has 7 heteroatoms. The van der Waals surface area contributed by atoms with E-state index in [0.717, 1.165) is 31.9 Å². The Labute approximate surface area is 140 Å². The molecule has 0 unspecified atom stereocenters. The number of Topliss-reactive ketones (excluding diaryl/α,β-unsaturated/α-hetero) is 1. The molecule has 0 radical (unpaired) electrons. The first-order valence-electron chi connectivity index (χ1n) is 7.88. The van der Waals surface area contributed by atoms with Gasteiger partial charge in [-0.05, 0) is 32.0 Å². The van der Waals surface area contributed by atoms with Gasteiger partial charge in [-0.25, -0.2) is 0 Å². The van der Waals surface area contributed by atoms with E-state index in [1.165, 1.54) is 0 Å². The van der Waals surface area contributed by atoms with E-state index in [1.54, 1.807) is 32.0 Å². The van der Waals surface area contributed by atoms with Crippen molar-refractivity contribution in [1.82, 2.24) is 15.0 Å². The second-order valence-corrected chi connectivity index (χ2v) is 5.90. The van der Waals surface area contributed by atoms with Gasteiger partial charge < -0.3 is 9.42 Å². The highest BCUT2D eigenvalue weighted by Gasteiger charge is 2.22. The van der Waals surface area contributed by atoms with Crippen LogP contribution in [0.1, 0.15) is 34.6 Å². The summed E-state index contributed by atoms with van der Waals surface area (Å²) < 4.78 is 5.16. The fourth-order valence-corrected chi connectivity index (χ4v) is 2.90. The molecule has 7 nitrogen and oxygen atoms in total. The molecule has 1 aromatic heterocycles. The highest BCUT2D eigenvalue weighted by atomic mass is 16.5. The van der Waals surface area contributed by atoms with Gasteiger partial charge in [-0.15, -0.1) is 0 Å². The molecule has 0 aliphatic carbocycles. The third-order valence-corrected chi connectivity index (χ3v) is 4.15. The Morgan fingerprint density at radius 1 is 1.33 bits per heavy atom. The molecule has 1 aliphatic heterocycles. The van der Waals surface area contributed by atoms with Crippen LogP contribution in [0.4, 0.5) is 5.69 Å². The van der Waals surface area contributed by atoms with E-state index in [0.29, 0.717) is 29.4 Å². The van der Waals surface area contributed by atoms with Crippen LogP contribution in [0.5, 0.6) is 0 Å². The van der Waals surface area contributed by atoms with E-state index in [2.05, 4.69) is 26.0 Å². The second kappa shape index (κ2) is 6.81. The first-order valence-corrected chi connectivity index (χ1v) is 7.88. The van der Waals surface area contributed by atoms with Crippen LogP contribution < -0.4 is 4.90 Å². The standard InChI is InChI=1S/C17H19N5O2/c1-12(23)15-4-3-14(10-18)9-16(15)22-7-5-21(6-8-22)11-17-19-13(2)20-24-17/h3-4,9H,5-8,11H2,1-2H3. The highest BCUT2D eigenvalue weighted by Crippen LogP contribution is 2.24. The predicted octanol–water partition coefficient (Wildman–Crippen LogP) is 1.77. The third-order valence-electron chi connectivity index (χ3n) is 4.15. The molecule has 0 spiro atoms. The number of carbonyl (C=O) groups excluding carboxylic acids is 1. The van der Waals surface area contributed by atoms with E-state index in [1.807, 2.05) is 0 Å². The summed E-state index contributed by atoms with van der Waals surface area (Å²) in [6.07, 6.45) is 0. The summed E-state index contributed by atoms with van der Waals surface area (Å²) in [7, 11) is 0. The monoisotopic (exact) mass is 325 g/mol. The SMILES string of the molecule is CC(=O)c1ccc(C#N)cc1N1CCN(Cc2nc(C)no2)CC1. The summed E-state index contributed by atoms with van der Waals surface area (Å²) in [4.78, 5) is 20.5. The second-order valence-electron chi connectivity index (χ2n) is 5.90. The number of benzene rings is 1. The number of rotatable bonds is 4. The first kappa shape index (κ1) is 16.1. The van der Waals surface area contributed by atoms with Crippen LogP contribution in [0.2, 0.25) is 0 Å². The van der Waals surface area contributed by atoms with Crippen molar-refractivity contribution in [2.24, 2.45) is 0 Å². The maximum absolute atomic E-state index is 11.9. The van der Waals surface area contributed by atoms with Gasteiger partial charge in [0.15, 0.2) is 11.6 Å². The van der Waals surface area contributed by atoms with E-state index in [9.17, 15) is 4.79 Å². The zero-order valence-corrected chi connectivity index (χ0v) is 13.8. The zero-order chi connectivity index (χ0) is 17.1. The lowest BCUT2D eigenvalue weighted by Gasteiger charge is -2.36. The quantitative estimate of drug-likeness (QED) is 0.792. The third kappa shape index (κ3) is 3.44. The van der Waals surface area contributed by atoms with Gasteiger partial charge in [0.1, 0.15) is 0 Å². The van der Waals surface area contributed by atoms with Gasteiger partial charge in [0.2, 0.25) is 5.89 Å². The summed E-state index contributed by atoms with van der Waals surface area (Å²) in [6.45, 7) is 7.21. The van der Waals surface area contributed by atoms with Gasteiger partial charge in [-0.3, -0.25) is 9.69 Å². The first-order chi connectivity index (χ1) is 11.6. The van der Waals surface area contributed by atoms with Gasteiger partial charge >= 0.3 is 0 Å². The molecular formula is C17H19N5O2. The van der Waals surface area contributed by atoms with Crippen LogP contribution in [-0.4, -0.2) is 47.0 Å². The number of nitriles is 1. The van der Waals surface area contributed by atoms with Crippen LogP contribution in [0.15, 0.2) is 22.7 Å². The molecule has 0 bridgehead atoms. The lowest BCUT2D eigenvalue weighted by molar-refractivity contribution is 0.101. The smallest absolute Gasteiger partial charge is 0.240 e. The van der Waals surface area contributed by atoms with Crippen molar-refractivity contribution in [2.45, 2.75) is 20.4 Å². The van der Waals surface area contributed by atoms with E-state index in [-0.39, 0.29) is 5.78 Å². The average Bonchev–Trinajstić information content (AvgIpc) is 2.99. The molecule has 2 aromatic rings. The number of anilines is 1. The van der Waals surface area contributed by atoms with Crippen LogP contribution in [0, 0.1) is 18.3 Å². The van der Waals surface area contributed by atoms with Crippen LogP contribution >= 0.6 is 0 Å². The Balaban J connectivity index is 1.70. The number of aromatic nitrogens is 2. The Morgan fingerprint density at radius 2 is 2.08 bits per heavy atom. The number of hydrogen-bond acceptors (Lipinski definition) is 7. The molecule has 1 aromatic carbocycles. The van der Waals surface area contributed by atoms with Crippen LogP contribution in [-0.2, 0) is 6.54 Å². The summed E-state index contributed by atoms with van der Waals surface area (Å²) in [6, 6.07) is 7.37. The van der Waals surface area contributed by atoms with Gasteiger partial charge in [-0.2, -0.15) is 10.2 Å². The summed E-state index contributed by atoms with van der Waals surface area (Å²) in [5, 5.41) is 12.9. The van der Waals surface area contributed by atoms with Crippen molar-refractivity contribution in [3.8, 4) is 6.07 Å². The molecule has 1 aliphatic rings. The molecule has 0 saturated carbocycles. The lowest BCUT2D eigenvalue weighted by Crippen LogP contribution is -2.46. The Bertz CT molecular complexity index is 785. The molecule has 24 heavy (non-hydrogen) atoms. The largest absolute Gasteiger partial charge is 0.368 e. The van der Waals surface area contributed by atoms with E-state index >= 15 is 0 Å². The summed E-state index contributed by atoms with van der Waals surface area (Å²) in [5.41, 5.74) is 2.07. The fourth-order valence-electron chi connectivity index (χ4n) is 2.90. The van der Waals surface area contributed by atoms with Crippen molar-refractivity contribution in [3.05, 3.63) is 41.0 Å². The van der Waals surface area contributed by atoms with Crippen LogP contribution in [0.25, 0.3) is 0 Å². The number of ketones is 1. The molecule has 0 N–H and O–H groups in total. The lowest BCUT2D eigenvalue weighted by atomic mass is 10.0. The molecule has 2 heterocycles. The number of hydrogen-bond donors (Lipinski definition) is 0. The minimum Gasteiger partial charge on any atom is -0.368 e. The predicted molar refractivity (Wildman–Crippen MR) is 87.7 cm³/mol. The maximum atomic E-state index is 11.9. The molecule has 0 amide bonds. The normalized spacial score (nSPS) is 15.3. The molecule has 3 rings (SSSR count). The number of aryl methyl sites for hydroxylation is 1. The van der Waals surface area contributed by atoms with Gasteiger partial charge in [-0.1, -0.05) is 5.16 Å². The zero-order valence-electron chi connectivity index (χ0n) is 13.8. The number of nitrogens with zero attached hydrogens (tertiary/aromatic N) is 5. The highest BCUT2D eigenvalue weighted by molar-refractivity contribution is 6.00. The van der Waals surface area contributed by atoms with Crippen molar-refractivity contribution >= 4 is 11.5 Å². The number of carbonyl (C=O) groups is 1. The topological polar surface area (TPSA) is 86.3 Å². The van der Waals surface area contributed by atoms with Crippen LogP contribution in [0.3, 0.4) is 0 Å². The molecule has 1 fully saturated rings. The van der Waals surface area contributed by atoms with Gasteiger partial charge in [0, 0.05) is 37.4 Å². The molecular weight excluding hydrogens is 306 g/mol. The van der Waals surface area contributed by atoms with Gasteiger partial charge in [0.25, 0.3) is 0 Å². The van der Waals surface area contributed by atoms with Gasteiger partial charge in [0.05, 0.1) is 18.2 Å². The Hall–Kier alpha value is -2.72. The molecule has 0 atom stereocenters. The maximum Gasteiger partial charge on any atom is 0.240 e. The van der Waals surface area contributed by atoms with E-state index in [4.69, 9.17) is 9.78 Å². The Morgan fingerprint density at radius 3 is 2.67 bits per heavy atom. The number of piperazine rings is 1. The van der Waals surface area contributed by atoms with Crippen molar-refractivity contribution < 1.29 is 9.32 Å². The molecule has 1 saturated heterocycles. The Kier molecular flexibility index (Phi) is 4.58. The van der Waals surface area contributed by atoms with Crippen molar-refractivity contribution in [1.29, 1.82) is 5.26 Å². The molecule has 124 valence electrons. The van der Waals surface area contributed by atoms with Crippen molar-refractivity contribution in [3.63, 3.8) is 0 Å². The minimum absolute atomic E-state index is 0.0123. The minimum atomic E-state index is 0.0123. The summed E-state index contributed by atoms with van der Waals surface area (Å²) >= 11 is 0. The average molecular weight is 325 g/mol. The summed E-state index contributed by atoms with van der Waals surface area (Å²) in [5.74, 6) is 1.28. The van der Waals surface area contributed by atoms with E-state index < -0.39 is 0 Å². The fraction of sp³-hybridized carbons (Fsp3) is 0.412. The van der Waals surface area contributed by atoms with Crippen molar-refractivity contribution in [2.75, 3.05) is 31.1 Å².